The lowest BCUT2D eigenvalue weighted by molar-refractivity contribution is 0.691. The molecule has 0 aliphatic heterocycles. The van der Waals surface area contributed by atoms with Crippen LogP contribution in [0.4, 0.5) is 17.1 Å². The molecule has 1 unspecified atom stereocenters. The van der Waals surface area contributed by atoms with Crippen molar-refractivity contribution in [2.75, 3.05) is 9.80 Å². The quantitative estimate of drug-likeness (QED) is 0.328. The van der Waals surface area contributed by atoms with Crippen molar-refractivity contribution in [3.05, 3.63) is 138 Å². The Bertz CT molecular complexity index is 1170. The van der Waals surface area contributed by atoms with Gasteiger partial charge in [0.2, 0.25) is 0 Å². The first-order valence-electron chi connectivity index (χ1n) is 12.1. The highest BCUT2D eigenvalue weighted by atomic mass is 35.5. The minimum absolute atomic E-state index is 0.223. The molecule has 2 nitrogen and oxygen atoms in total. The third-order valence-electron chi connectivity index (χ3n) is 5.75. The van der Waals surface area contributed by atoms with Crippen molar-refractivity contribution in [3.63, 3.8) is 0 Å². The van der Waals surface area contributed by atoms with E-state index >= 15 is 0 Å². The van der Waals surface area contributed by atoms with Crippen LogP contribution in [0.1, 0.15) is 33.6 Å². The zero-order valence-corrected chi connectivity index (χ0v) is 21.7. The molecule has 0 saturated heterocycles. The normalized spacial score (nSPS) is 16.3. The molecular weight excluding hydrogens is 448 g/mol. The number of allylic oxidation sites excluding steroid dienone is 11. The smallest absolute Gasteiger partial charge is 0.0525 e. The lowest BCUT2D eigenvalue weighted by Gasteiger charge is -2.34. The van der Waals surface area contributed by atoms with E-state index in [9.17, 15) is 0 Å². The number of benzene rings is 2. The summed E-state index contributed by atoms with van der Waals surface area (Å²) < 4.78 is 0. The number of anilines is 3. The van der Waals surface area contributed by atoms with Gasteiger partial charge in [-0.05, 0) is 76.1 Å². The maximum atomic E-state index is 6.76. The van der Waals surface area contributed by atoms with Gasteiger partial charge in [-0.25, -0.2) is 0 Å². The van der Waals surface area contributed by atoms with Crippen molar-refractivity contribution >= 4 is 28.7 Å². The predicted octanol–water partition coefficient (Wildman–Crippen LogP) is 9.69. The molecule has 2 aromatic carbocycles. The summed E-state index contributed by atoms with van der Waals surface area (Å²) in [6.07, 6.45) is 25.1. The fourth-order valence-corrected chi connectivity index (χ4v) is 4.38. The minimum atomic E-state index is 0.223. The van der Waals surface area contributed by atoms with Gasteiger partial charge in [-0.2, -0.15) is 0 Å². The zero-order valence-electron chi connectivity index (χ0n) is 20.9. The van der Waals surface area contributed by atoms with Crippen molar-refractivity contribution in [2.24, 2.45) is 0 Å². The van der Waals surface area contributed by atoms with Gasteiger partial charge in [0.15, 0.2) is 0 Å². The average Bonchev–Trinajstić information content (AvgIpc) is 3.13. The van der Waals surface area contributed by atoms with Crippen molar-refractivity contribution < 1.29 is 0 Å². The maximum Gasteiger partial charge on any atom is 0.0525 e. The van der Waals surface area contributed by atoms with E-state index in [0.717, 1.165) is 41.3 Å². The molecule has 0 spiro atoms. The molecule has 180 valence electrons. The lowest BCUT2D eigenvalue weighted by atomic mass is 10.1. The highest BCUT2D eigenvalue weighted by Crippen LogP contribution is 2.37. The second-order valence-electron chi connectivity index (χ2n) is 8.38. The predicted molar refractivity (Wildman–Crippen MR) is 155 cm³/mol. The second-order valence-corrected chi connectivity index (χ2v) is 8.81. The number of hydrogen-bond donors (Lipinski definition) is 0. The van der Waals surface area contributed by atoms with Gasteiger partial charge in [-0.15, -0.1) is 0 Å². The molecule has 1 aliphatic rings. The number of rotatable bonds is 9. The summed E-state index contributed by atoms with van der Waals surface area (Å²) >= 11 is 6.76. The van der Waals surface area contributed by atoms with Crippen LogP contribution in [0.2, 0.25) is 5.02 Å². The largest absolute Gasteiger partial charge is 0.338 e. The van der Waals surface area contributed by atoms with E-state index < -0.39 is 0 Å². The topological polar surface area (TPSA) is 6.48 Å². The molecule has 0 radical (unpaired) electrons. The molecular formula is C32H35ClN2. The Morgan fingerprint density at radius 2 is 1.69 bits per heavy atom. The maximum absolute atomic E-state index is 6.76. The summed E-state index contributed by atoms with van der Waals surface area (Å²) in [6.45, 7) is 10.6. The van der Waals surface area contributed by atoms with E-state index in [1.807, 2.05) is 74.6 Å². The molecule has 1 atom stereocenters. The Kier molecular flexibility index (Phi) is 10.0. The number of hydrogen-bond acceptors (Lipinski definition) is 2. The average molecular weight is 483 g/mol. The summed E-state index contributed by atoms with van der Waals surface area (Å²) in [5, 5.41) is 0.684. The summed E-state index contributed by atoms with van der Waals surface area (Å²) in [6, 6.07) is 16.7. The van der Waals surface area contributed by atoms with Gasteiger partial charge in [0.05, 0.1) is 6.04 Å². The van der Waals surface area contributed by atoms with E-state index in [4.69, 9.17) is 11.6 Å². The Balaban J connectivity index is 2.14. The van der Waals surface area contributed by atoms with Gasteiger partial charge in [0.1, 0.15) is 0 Å². The molecule has 35 heavy (non-hydrogen) atoms. The Labute approximate surface area is 216 Å². The number of halogens is 1. The second kappa shape index (κ2) is 13.4. The van der Waals surface area contributed by atoms with Gasteiger partial charge in [0.25, 0.3) is 0 Å². The van der Waals surface area contributed by atoms with Gasteiger partial charge >= 0.3 is 0 Å². The van der Waals surface area contributed by atoms with E-state index in [1.54, 1.807) is 0 Å². The molecule has 2 aromatic rings. The first kappa shape index (κ1) is 26.1. The summed E-state index contributed by atoms with van der Waals surface area (Å²) in [5.41, 5.74) is 5.06. The van der Waals surface area contributed by atoms with Crippen LogP contribution in [0.3, 0.4) is 0 Å². The number of para-hydroxylation sites is 1. The van der Waals surface area contributed by atoms with Gasteiger partial charge in [-0.1, -0.05) is 91.1 Å². The van der Waals surface area contributed by atoms with Crippen LogP contribution < -0.4 is 9.80 Å². The summed E-state index contributed by atoms with van der Waals surface area (Å²) in [5.74, 6) is 0. The number of nitrogens with zero attached hydrogens (tertiary/aromatic N) is 2. The monoisotopic (exact) mass is 482 g/mol. The fraction of sp³-hybridized carbons (Fsp3) is 0.188. The van der Waals surface area contributed by atoms with Gasteiger partial charge in [-0.3, -0.25) is 0 Å². The molecule has 3 rings (SSSR count). The molecule has 0 fully saturated rings. The van der Waals surface area contributed by atoms with Gasteiger partial charge in [0, 0.05) is 33.5 Å². The van der Waals surface area contributed by atoms with Crippen LogP contribution in [0, 0.1) is 0 Å². The van der Waals surface area contributed by atoms with E-state index in [2.05, 4.69) is 78.0 Å². The molecule has 0 bridgehead atoms. The van der Waals surface area contributed by atoms with Crippen LogP contribution in [-0.2, 0) is 0 Å². The molecule has 0 heterocycles. The van der Waals surface area contributed by atoms with Crippen molar-refractivity contribution in [2.45, 2.75) is 39.7 Å². The van der Waals surface area contributed by atoms with Crippen LogP contribution in [0.15, 0.2) is 133 Å². The molecule has 1 aliphatic carbocycles. The first-order valence-corrected chi connectivity index (χ1v) is 12.5. The Hall–Kier alpha value is -3.49. The van der Waals surface area contributed by atoms with Crippen LogP contribution >= 0.6 is 11.6 Å². The molecule has 0 saturated carbocycles. The molecule has 3 heteroatoms. The lowest BCUT2D eigenvalue weighted by Crippen LogP contribution is -2.32. The highest BCUT2D eigenvalue weighted by Gasteiger charge is 2.21. The van der Waals surface area contributed by atoms with Crippen molar-refractivity contribution in [1.29, 1.82) is 0 Å². The van der Waals surface area contributed by atoms with Crippen LogP contribution in [0.5, 0.6) is 0 Å². The SMILES string of the molecule is C=C(/C=C\C=C/C)N(c1ccccc1)c1cc(Cl)cc(N(/C(C)=C/C=C\C)C2C=CC=CCC2)c1. The van der Waals surface area contributed by atoms with E-state index in [-0.39, 0.29) is 6.04 Å². The van der Waals surface area contributed by atoms with Crippen LogP contribution in [-0.4, -0.2) is 6.04 Å². The fourth-order valence-electron chi connectivity index (χ4n) is 4.16. The standard InChI is InChI=1S/C32H35ClN2/c1-5-7-12-18-27(4)35(30-21-15-11-16-22-30)32-24-28(33)23-31(25-32)34(26(3)17-8-6-2)29-19-13-9-10-14-20-29/h5-13,15-19,21-25,29H,4,14,20H2,1-3H3/b7-5-,8-6-,18-12-,26-17+. The van der Waals surface area contributed by atoms with Crippen molar-refractivity contribution in [3.8, 4) is 0 Å². The molecule has 0 N–H and O–H groups in total. The van der Waals surface area contributed by atoms with E-state index in [0.29, 0.717) is 5.02 Å². The third-order valence-corrected chi connectivity index (χ3v) is 5.97. The van der Waals surface area contributed by atoms with Crippen molar-refractivity contribution in [1.82, 2.24) is 0 Å². The first-order chi connectivity index (χ1) is 17.0. The Morgan fingerprint density at radius 3 is 2.43 bits per heavy atom. The highest BCUT2D eigenvalue weighted by molar-refractivity contribution is 6.31. The van der Waals surface area contributed by atoms with Crippen LogP contribution in [0.25, 0.3) is 0 Å². The summed E-state index contributed by atoms with van der Waals surface area (Å²) in [7, 11) is 0. The minimum Gasteiger partial charge on any atom is -0.338 e. The van der Waals surface area contributed by atoms with E-state index in [1.165, 1.54) is 0 Å². The molecule has 0 amide bonds. The third kappa shape index (κ3) is 7.24. The Morgan fingerprint density at radius 1 is 0.943 bits per heavy atom. The molecule has 0 aromatic heterocycles. The van der Waals surface area contributed by atoms with Gasteiger partial charge < -0.3 is 9.80 Å². The zero-order chi connectivity index (χ0) is 25.0. The summed E-state index contributed by atoms with van der Waals surface area (Å²) in [4.78, 5) is 4.52.